The average Bonchev–Trinajstić information content (AvgIpc) is 2.73. The maximum absolute atomic E-state index is 14.4. The minimum atomic E-state index is -2.76. The Labute approximate surface area is 204 Å². The quantitative estimate of drug-likeness (QED) is 0.187. The molecule has 2 amide bonds. The standard InChI is InChI=1S/C22H22FN3O8.ClH/c1-26(2)15-9-4-7-3-8-5-10(23)14(25-6-27)17(29)11(8)16(28)12(7)19(31)22(9,34)20(32)13(18(15)30)21(24)33;/h5-7,9,15,29-31,34H,3-4H2,1-2H3,(H2,24,33)(H,25,27);1H. The van der Waals surface area contributed by atoms with E-state index in [1.165, 1.54) is 19.0 Å². The Morgan fingerprint density at radius 3 is 2.46 bits per heavy atom. The Bertz CT molecular complexity index is 1240. The predicted molar refractivity (Wildman–Crippen MR) is 121 cm³/mol. The number of nitrogens with two attached hydrogens (primary N) is 1. The molecule has 7 N–H and O–H groups in total. The normalized spacial score (nSPS) is 27.6. The molecule has 3 aliphatic carbocycles. The molecule has 1 aromatic carbocycles. The van der Waals surface area contributed by atoms with Crippen molar-refractivity contribution < 1.29 is 44.0 Å². The van der Waals surface area contributed by atoms with E-state index in [1.807, 2.05) is 5.32 Å². The number of phenols is 1. The number of fused-ring (bicyclic) bond motifs is 3. The number of anilines is 1. The number of carbonyl (C=O) groups excluding carboxylic acids is 4. The van der Waals surface area contributed by atoms with E-state index in [0.717, 1.165) is 6.07 Å². The number of phenolic OH excluding ortho intramolecular Hbond substituents is 1. The van der Waals surface area contributed by atoms with Gasteiger partial charge in [-0.2, -0.15) is 0 Å². The minimum Gasteiger partial charge on any atom is -0.510 e. The molecule has 0 bridgehead atoms. The fourth-order valence-electron chi connectivity index (χ4n) is 5.47. The molecule has 0 fully saturated rings. The molecule has 0 spiro atoms. The number of nitrogens with zero attached hydrogens (tertiary/aromatic N) is 1. The number of allylic oxidation sites excluding steroid dienone is 1. The first-order valence-electron chi connectivity index (χ1n) is 10.3. The number of hydrogen-bond acceptors (Lipinski definition) is 9. The van der Waals surface area contributed by atoms with Crippen LogP contribution in [-0.2, 0) is 20.8 Å². The zero-order valence-corrected chi connectivity index (χ0v) is 19.4. The van der Waals surface area contributed by atoms with Crippen LogP contribution in [0.1, 0.15) is 22.3 Å². The summed E-state index contributed by atoms with van der Waals surface area (Å²) in [5.41, 5.74) is 0.284. The Morgan fingerprint density at radius 2 is 1.91 bits per heavy atom. The molecule has 188 valence electrons. The summed E-state index contributed by atoms with van der Waals surface area (Å²) in [5.74, 6) is -9.18. The number of primary amides is 1. The van der Waals surface area contributed by atoms with Gasteiger partial charge in [0, 0.05) is 11.5 Å². The smallest absolute Gasteiger partial charge is 0.255 e. The molecular formula is C22H23ClFN3O8. The molecule has 4 atom stereocenters. The maximum atomic E-state index is 14.4. The summed E-state index contributed by atoms with van der Waals surface area (Å²) in [4.78, 5) is 50.7. The van der Waals surface area contributed by atoms with E-state index in [1.54, 1.807) is 0 Å². The van der Waals surface area contributed by atoms with Crippen LogP contribution in [0.2, 0.25) is 0 Å². The van der Waals surface area contributed by atoms with Crippen LogP contribution in [0.4, 0.5) is 10.1 Å². The molecule has 35 heavy (non-hydrogen) atoms. The third-order valence-electron chi connectivity index (χ3n) is 6.87. The molecule has 0 aliphatic heterocycles. The van der Waals surface area contributed by atoms with Gasteiger partial charge in [0.1, 0.15) is 22.8 Å². The molecule has 0 saturated carbocycles. The van der Waals surface area contributed by atoms with Crippen LogP contribution in [0.3, 0.4) is 0 Å². The molecule has 4 unspecified atom stereocenters. The SMILES string of the molecule is CN(C)C1C(O)=C(C(N)=O)C(=O)C2(O)C(O)=C3C(=O)c4c(cc(F)c(NC=O)c4O)CC3CC12.Cl. The third kappa shape index (κ3) is 3.39. The van der Waals surface area contributed by atoms with Crippen LogP contribution in [-0.4, -0.2) is 74.9 Å². The summed E-state index contributed by atoms with van der Waals surface area (Å²) in [6, 6.07) is -0.138. The summed E-state index contributed by atoms with van der Waals surface area (Å²) < 4.78 is 14.4. The number of nitrogens with one attached hydrogen (secondary N) is 1. The average molecular weight is 512 g/mol. The van der Waals surface area contributed by atoms with Crippen molar-refractivity contribution in [2.45, 2.75) is 24.5 Å². The zero-order valence-electron chi connectivity index (χ0n) is 18.5. The Kier molecular flexibility index (Phi) is 6.44. The number of Topliss-reactive ketones (excluding diaryl/α,β-unsaturated/α-hetero) is 2. The van der Waals surface area contributed by atoms with Crippen molar-refractivity contribution >= 4 is 42.0 Å². The second kappa shape index (κ2) is 8.63. The number of aromatic hydroxyl groups is 1. The lowest BCUT2D eigenvalue weighted by Gasteiger charge is -2.50. The molecule has 4 rings (SSSR count). The predicted octanol–water partition coefficient (Wildman–Crippen LogP) is 0.250. The monoisotopic (exact) mass is 511 g/mol. The largest absolute Gasteiger partial charge is 0.510 e. The molecule has 13 heteroatoms. The number of rotatable bonds is 4. The Balaban J connectivity index is 0.00000342. The number of aliphatic hydroxyl groups excluding tert-OH is 2. The lowest BCUT2D eigenvalue weighted by Crippen LogP contribution is -2.63. The number of likely N-dealkylation sites (N-methyl/N-ethyl adjacent to an activating group) is 1. The van der Waals surface area contributed by atoms with E-state index >= 15 is 0 Å². The van der Waals surface area contributed by atoms with E-state index in [-0.39, 0.29) is 42.8 Å². The van der Waals surface area contributed by atoms with Gasteiger partial charge in [0.05, 0.1) is 11.6 Å². The summed E-state index contributed by atoms with van der Waals surface area (Å²) in [7, 11) is 3.03. The van der Waals surface area contributed by atoms with Crippen LogP contribution < -0.4 is 11.1 Å². The topological polar surface area (TPSA) is 190 Å². The van der Waals surface area contributed by atoms with Crippen molar-refractivity contribution in [2.24, 2.45) is 17.6 Å². The number of hydrogen-bond donors (Lipinski definition) is 6. The molecule has 0 radical (unpaired) electrons. The van der Waals surface area contributed by atoms with E-state index in [2.05, 4.69) is 0 Å². The minimum absolute atomic E-state index is 0. The Morgan fingerprint density at radius 1 is 1.29 bits per heavy atom. The van der Waals surface area contributed by atoms with Gasteiger partial charge in [-0.05, 0) is 44.5 Å². The van der Waals surface area contributed by atoms with Crippen LogP contribution in [0.5, 0.6) is 5.75 Å². The highest BCUT2D eigenvalue weighted by molar-refractivity contribution is 6.24. The molecule has 1 aromatic rings. The summed E-state index contributed by atoms with van der Waals surface area (Å²) in [5, 5.41) is 45.7. The van der Waals surface area contributed by atoms with Crippen molar-refractivity contribution in [3.05, 3.63) is 45.7 Å². The van der Waals surface area contributed by atoms with Crippen molar-refractivity contribution in [1.82, 2.24) is 4.90 Å². The van der Waals surface area contributed by atoms with Gasteiger partial charge in [-0.15, -0.1) is 12.4 Å². The fraction of sp³-hybridized carbons (Fsp3) is 0.364. The zero-order chi connectivity index (χ0) is 25.3. The second-order valence-electron chi connectivity index (χ2n) is 8.84. The summed E-state index contributed by atoms with van der Waals surface area (Å²) >= 11 is 0. The van der Waals surface area contributed by atoms with Gasteiger partial charge in [0.2, 0.25) is 12.2 Å². The van der Waals surface area contributed by atoms with Crippen molar-refractivity contribution in [1.29, 1.82) is 0 Å². The van der Waals surface area contributed by atoms with Gasteiger partial charge in [0.25, 0.3) is 5.91 Å². The molecule has 11 nitrogen and oxygen atoms in total. The number of ketones is 2. The highest BCUT2D eigenvalue weighted by Crippen LogP contribution is 2.52. The first-order chi connectivity index (χ1) is 15.9. The van der Waals surface area contributed by atoms with Crippen molar-refractivity contribution in [3.63, 3.8) is 0 Å². The maximum Gasteiger partial charge on any atom is 0.255 e. The van der Waals surface area contributed by atoms with E-state index in [4.69, 9.17) is 5.73 Å². The van der Waals surface area contributed by atoms with Gasteiger partial charge in [-0.3, -0.25) is 24.1 Å². The first kappa shape index (κ1) is 26.1. The van der Waals surface area contributed by atoms with E-state index < -0.39 is 80.9 Å². The van der Waals surface area contributed by atoms with Gasteiger partial charge in [0.15, 0.2) is 23.0 Å². The van der Waals surface area contributed by atoms with Crippen LogP contribution in [0, 0.1) is 17.7 Å². The van der Waals surface area contributed by atoms with Gasteiger partial charge in [-0.25, -0.2) is 4.39 Å². The molecule has 0 saturated heterocycles. The summed E-state index contributed by atoms with van der Waals surface area (Å²) in [6.07, 6.45) is -0.0551. The molecule has 0 heterocycles. The number of amides is 2. The molecular weight excluding hydrogens is 489 g/mol. The molecule has 0 aromatic heterocycles. The number of carbonyl (C=O) groups is 4. The van der Waals surface area contributed by atoms with Gasteiger partial charge in [-0.1, -0.05) is 0 Å². The van der Waals surface area contributed by atoms with E-state index in [0.29, 0.717) is 0 Å². The third-order valence-corrected chi connectivity index (χ3v) is 6.87. The van der Waals surface area contributed by atoms with Gasteiger partial charge < -0.3 is 31.5 Å². The van der Waals surface area contributed by atoms with Crippen molar-refractivity contribution in [3.8, 4) is 5.75 Å². The van der Waals surface area contributed by atoms with Crippen LogP contribution >= 0.6 is 12.4 Å². The lowest BCUT2D eigenvalue weighted by molar-refractivity contribution is -0.148. The van der Waals surface area contributed by atoms with Crippen molar-refractivity contribution in [2.75, 3.05) is 19.4 Å². The highest BCUT2D eigenvalue weighted by Gasteiger charge is 2.63. The van der Waals surface area contributed by atoms with Crippen LogP contribution in [0.25, 0.3) is 0 Å². The van der Waals surface area contributed by atoms with Gasteiger partial charge >= 0.3 is 0 Å². The molecule has 3 aliphatic rings. The fourth-order valence-corrected chi connectivity index (χ4v) is 5.47. The van der Waals surface area contributed by atoms with Crippen LogP contribution in [0.15, 0.2) is 28.7 Å². The number of benzene rings is 1. The Hall–Kier alpha value is -3.48. The number of aliphatic hydroxyl groups is 3. The number of halogens is 2. The first-order valence-corrected chi connectivity index (χ1v) is 10.3. The lowest BCUT2D eigenvalue weighted by atomic mass is 9.58. The summed E-state index contributed by atoms with van der Waals surface area (Å²) in [6.45, 7) is 0. The highest BCUT2D eigenvalue weighted by atomic mass is 35.5. The van der Waals surface area contributed by atoms with E-state index in [9.17, 15) is 44.0 Å². The second-order valence-corrected chi connectivity index (χ2v) is 8.84.